The molecule has 0 bridgehead atoms. The van der Waals surface area contributed by atoms with Gasteiger partial charge in [-0.25, -0.2) is 0 Å². The standard InChI is InChI=1S/C15H20N4O/c1-18-15-13(7-17-18)9-19(10-14(15)11-20-2)8-12-3-5-16-6-4-12/h3-7,14H,8-11H2,1-2H3/t14-/m0/s1. The van der Waals surface area contributed by atoms with Crippen LogP contribution in [0.3, 0.4) is 0 Å². The van der Waals surface area contributed by atoms with Crippen molar-refractivity contribution in [3.63, 3.8) is 0 Å². The van der Waals surface area contributed by atoms with Gasteiger partial charge >= 0.3 is 0 Å². The molecule has 3 rings (SSSR count). The smallest absolute Gasteiger partial charge is 0.0558 e. The zero-order valence-corrected chi connectivity index (χ0v) is 12.0. The Balaban J connectivity index is 1.79. The van der Waals surface area contributed by atoms with E-state index in [1.54, 1.807) is 7.11 Å². The number of hydrogen-bond acceptors (Lipinski definition) is 4. The average Bonchev–Trinajstić information content (AvgIpc) is 2.82. The average molecular weight is 272 g/mol. The Kier molecular flexibility index (Phi) is 3.80. The van der Waals surface area contributed by atoms with Gasteiger partial charge in [0.25, 0.3) is 0 Å². The molecule has 1 aliphatic rings. The van der Waals surface area contributed by atoms with Crippen LogP contribution < -0.4 is 0 Å². The molecule has 0 N–H and O–H groups in total. The molecule has 0 aliphatic carbocycles. The van der Waals surface area contributed by atoms with Gasteiger partial charge < -0.3 is 4.74 Å². The fourth-order valence-corrected chi connectivity index (χ4v) is 3.04. The molecule has 106 valence electrons. The summed E-state index contributed by atoms with van der Waals surface area (Å²) in [7, 11) is 3.78. The molecule has 0 saturated heterocycles. The van der Waals surface area contributed by atoms with E-state index in [0.717, 1.165) is 26.2 Å². The Hall–Kier alpha value is -1.72. The van der Waals surface area contributed by atoms with Crippen LogP contribution in [0.5, 0.6) is 0 Å². The fraction of sp³-hybridized carbons (Fsp3) is 0.467. The number of fused-ring (bicyclic) bond motifs is 1. The summed E-state index contributed by atoms with van der Waals surface area (Å²) in [5.41, 5.74) is 3.93. The van der Waals surface area contributed by atoms with Crippen molar-refractivity contribution >= 4 is 0 Å². The molecule has 0 unspecified atom stereocenters. The van der Waals surface area contributed by atoms with Gasteiger partial charge in [-0.3, -0.25) is 14.6 Å². The minimum absolute atomic E-state index is 0.387. The van der Waals surface area contributed by atoms with Gasteiger partial charge in [0.2, 0.25) is 0 Å². The second-order valence-electron chi connectivity index (χ2n) is 5.36. The van der Waals surface area contributed by atoms with Crippen LogP contribution in [0.15, 0.2) is 30.7 Å². The van der Waals surface area contributed by atoms with Gasteiger partial charge in [0.1, 0.15) is 0 Å². The molecule has 20 heavy (non-hydrogen) atoms. The lowest BCUT2D eigenvalue weighted by atomic mass is 9.96. The first kappa shape index (κ1) is 13.3. The molecule has 1 atom stereocenters. The van der Waals surface area contributed by atoms with Gasteiger partial charge in [-0.1, -0.05) is 0 Å². The Morgan fingerprint density at radius 2 is 2.15 bits per heavy atom. The van der Waals surface area contributed by atoms with Crippen LogP contribution in [-0.4, -0.2) is 39.9 Å². The maximum Gasteiger partial charge on any atom is 0.0558 e. The predicted octanol–water partition coefficient (Wildman–Crippen LogP) is 1.56. The quantitative estimate of drug-likeness (QED) is 0.847. The number of methoxy groups -OCH3 is 1. The summed E-state index contributed by atoms with van der Waals surface area (Å²) in [6, 6.07) is 4.15. The SMILES string of the molecule is COC[C@@H]1CN(Cc2ccncc2)Cc2cnn(C)c21. The molecule has 5 heteroatoms. The van der Waals surface area contributed by atoms with E-state index in [4.69, 9.17) is 4.74 Å². The van der Waals surface area contributed by atoms with Crippen LogP contribution in [0.1, 0.15) is 22.7 Å². The minimum atomic E-state index is 0.387. The monoisotopic (exact) mass is 272 g/mol. The van der Waals surface area contributed by atoms with E-state index >= 15 is 0 Å². The first-order chi connectivity index (χ1) is 9.78. The van der Waals surface area contributed by atoms with Gasteiger partial charge in [-0.05, 0) is 17.7 Å². The topological polar surface area (TPSA) is 43.2 Å². The minimum Gasteiger partial charge on any atom is -0.384 e. The lowest BCUT2D eigenvalue weighted by Crippen LogP contribution is -2.35. The van der Waals surface area contributed by atoms with Gasteiger partial charge in [-0.15, -0.1) is 0 Å². The van der Waals surface area contributed by atoms with E-state index in [2.05, 4.69) is 27.1 Å². The van der Waals surface area contributed by atoms with Crippen molar-refractivity contribution in [1.29, 1.82) is 0 Å². The Bertz CT molecular complexity index is 567. The van der Waals surface area contributed by atoms with Gasteiger partial charge in [0.05, 0.1) is 12.8 Å². The number of aromatic nitrogens is 3. The highest BCUT2D eigenvalue weighted by atomic mass is 16.5. The molecule has 3 heterocycles. The largest absolute Gasteiger partial charge is 0.384 e. The molecule has 0 amide bonds. The fourth-order valence-electron chi connectivity index (χ4n) is 3.04. The van der Waals surface area contributed by atoms with Crippen LogP contribution in [0.25, 0.3) is 0 Å². The van der Waals surface area contributed by atoms with Crippen LogP contribution in [0.4, 0.5) is 0 Å². The van der Waals surface area contributed by atoms with Crippen molar-refractivity contribution in [2.75, 3.05) is 20.3 Å². The van der Waals surface area contributed by atoms with Gasteiger partial charge in [-0.2, -0.15) is 5.10 Å². The van der Waals surface area contributed by atoms with Crippen LogP contribution in [0.2, 0.25) is 0 Å². The summed E-state index contributed by atoms with van der Waals surface area (Å²) in [5.74, 6) is 0.387. The number of rotatable bonds is 4. The summed E-state index contributed by atoms with van der Waals surface area (Å²) in [6.45, 7) is 3.63. The highest BCUT2D eigenvalue weighted by Gasteiger charge is 2.28. The van der Waals surface area contributed by atoms with Crippen molar-refractivity contribution < 1.29 is 4.74 Å². The van der Waals surface area contributed by atoms with E-state index in [1.165, 1.54) is 16.8 Å². The number of hydrogen-bond donors (Lipinski definition) is 0. The summed E-state index contributed by atoms with van der Waals surface area (Å²) >= 11 is 0. The summed E-state index contributed by atoms with van der Waals surface area (Å²) < 4.78 is 7.37. The van der Waals surface area contributed by atoms with Gasteiger partial charge in [0, 0.05) is 63.4 Å². The first-order valence-electron chi connectivity index (χ1n) is 6.89. The number of pyridine rings is 1. The molecule has 0 spiro atoms. The lowest BCUT2D eigenvalue weighted by Gasteiger charge is -2.32. The molecule has 0 fully saturated rings. The summed E-state index contributed by atoms with van der Waals surface area (Å²) in [6.07, 6.45) is 5.68. The maximum absolute atomic E-state index is 5.38. The normalized spacial score (nSPS) is 19.0. The van der Waals surface area contributed by atoms with Crippen molar-refractivity contribution in [3.8, 4) is 0 Å². The van der Waals surface area contributed by atoms with Crippen LogP contribution >= 0.6 is 0 Å². The zero-order chi connectivity index (χ0) is 13.9. The number of ether oxygens (including phenoxy) is 1. The molecule has 0 aromatic carbocycles. The summed E-state index contributed by atoms with van der Waals surface area (Å²) in [5, 5.41) is 4.40. The Morgan fingerprint density at radius 3 is 2.90 bits per heavy atom. The van der Waals surface area contributed by atoms with E-state index in [0.29, 0.717) is 5.92 Å². The third-order valence-corrected chi connectivity index (χ3v) is 3.85. The Labute approximate surface area is 119 Å². The van der Waals surface area contributed by atoms with Crippen molar-refractivity contribution in [2.45, 2.75) is 19.0 Å². The van der Waals surface area contributed by atoms with E-state index < -0.39 is 0 Å². The highest BCUT2D eigenvalue weighted by molar-refractivity contribution is 5.25. The molecule has 2 aromatic heterocycles. The molecule has 5 nitrogen and oxygen atoms in total. The van der Waals surface area contributed by atoms with Crippen molar-refractivity contribution in [1.82, 2.24) is 19.7 Å². The molecular weight excluding hydrogens is 252 g/mol. The molecule has 0 radical (unpaired) electrons. The van der Waals surface area contributed by atoms with Crippen molar-refractivity contribution in [3.05, 3.63) is 47.5 Å². The number of aryl methyl sites for hydroxylation is 1. The third kappa shape index (κ3) is 2.59. The third-order valence-electron chi connectivity index (χ3n) is 3.85. The van der Waals surface area contributed by atoms with Crippen molar-refractivity contribution in [2.24, 2.45) is 7.05 Å². The van der Waals surface area contributed by atoms with E-state index in [9.17, 15) is 0 Å². The highest BCUT2D eigenvalue weighted by Crippen LogP contribution is 2.28. The van der Waals surface area contributed by atoms with Crippen LogP contribution in [-0.2, 0) is 24.9 Å². The maximum atomic E-state index is 5.38. The molecule has 0 saturated carbocycles. The molecule has 2 aromatic rings. The van der Waals surface area contributed by atoms with Crippen LogP contribution in [0, 0.1) is 0 Å². The lowest BCUT2D eigenvalue weighted by molar-refractivity contribution is 0.132. The first-order valence-corrected chi connectivity index (χ1v) is 6.89. The predicted molar refractivity (Wildman–Crippen MR) is 76.2 cm³/mol. The second-order valence-corrected chi connectivity index (χ2v) is 5.36. The summed E-state index contributed by atoms with van der Waals surface area (Å²) in [4.78, 5) is 6.52. The molecule has 1 aliphatic heterocycles. The van der Waals surface area contributed by atoms with E-state index in [1.807, 2.05) is 30.3 Å². The van der Waals surface area contributed by atoms with Gasteiger partial charge in [0.15, 0.2) is 0 Å². The van der Waals surface area contributed by atoms with E-state index in [-0.39, 0.29) is 0 Å². The second kappa shape index (κ2) is 5.73. The zero-order valence-electron chi connectivity index (χ0n) is 12.0. The Morgan fingerprint density at radius 1 is 1.35 bits per heavy atom. The number of nitrogens with zero attached hydrogens (tertiary/aromatic N) is 4. The molecular formula is C15H20N4O.